The van der Waals surface area contributed by atoms with Gasteiger partial charge in [-0.3, -0.25) is 0 Å². The number of nitrogens with one attached hydrogen (secondary N) is 1. The van der Waals surface area contributed by atoms with Crippen LogP contribution >= 0.6 is 0 Å². The Bertz CT molecular complexity index is 875. The number of pyridine rings is 1. The minimum atomic E-state index is -3.50. The van der Waals surface area contributed by atoms with Crippen LogP contribution in [0.5, 0.6) is 0 Å². The smallest absolute Gasteiger partial charge is 0.243 e. The molecule has 0 unspecified atom stereocenters. The molecule has 0 aliphatic carbocycles. The molecular formula is C20H26N4O2S. The van der Waals surface area contributed by atoms with Gasteiger partial charge in [-0.2, -0.15) is 4.31 Å². The molecule has 27 heavy (non-hydrogen) atoms. The average Bonchev–Trinajstić information content (AvgIpc) is 3.20. The maximum atomic E-state index is 13.1. The number of rotatable bonds is 4. The first kappa shape index (κ1) is 18.4. The van der Waals surface area contributed by atoms with Crippen LogP contribution in [0.25, 0.3) is 0 Å². The van der Waals surface area contributed by atoms with E-state index in [4.69, 9.17) is 0 Å². The Morgan fingerprint density at radius 3 is 2.44 bits per heavy atom. The van der Waals surface area contributed by atoms with Crippen molar-refractivity contribution in [2.24, 2.45) is 0 Å². The number of nitrogens with zero attached hydrogens (tertiary/aromatic N) is 3. The van der Waals surface area contributed by atoms with Crippen molar-refractivity contribution in [2.75, 3.05) is 37.6 Å². The molecule has 7 heteroatoms. The Morgan fingerprint density at radius 1 is 1.04 bits per heavy atom. The Labute approximate surface area is 161 Å². The summed E-state index contributed by atoms with van der Waals surface area (Å²) in [6.45, 7) is 6.35. The Balaban J connectivity index is 1.56. The second-order valence-corrected chi connectivity index (χ2v) is 9.16. The van der Waals surface area contributed by atoms with Gasteiger partial charge in [-0.1, -0.05) is 23.8 Å². The number of hydrogen-bond acceptors (Lipinski definition) is 5. The van der Waals surface area contributed by atoms with Gasteiger partial charge in [0.05, 0.1) is 10.9 Å². The van der Waals surface area contributed by atoms with Gasteiger partial charge in [0.25, 0.3) is 0 Å². The van der Waals surface area contributed by atoms with Crippen LogP contribution in [0.3, 0.4) is 0 Å². The molecule has 1 atom stereocenters. The van der Waals surface area contributed by atoms with Gasteiger partial charge >= 0.3 is 0 Å². The molecule has 4 rings (SSSR count). The number of anilines is 1. The molecule has 2 aliphatic heterocycles. The molecule has 2 aromatic rings. The Kier molecular flexibility index (Phi) is 5.16. The molecule has 0 spiro atoms. The summed E-state index contributed by atoms with van der Waals surface area (Å²) in [5.41, 5.74) is 2.03. The van der Waals surface area contributed by atoms with Crippen molar-refractivity contribution in [3.63, 3.8) is 0 Å². The molecule has 144 valence electrons. The summed E-state index contributed by atoms with van der Waals surface area (Å²) in [5.74, 6) is 0.964. The molecule has 2 aliphatic rings. The zero-order valence-electron chi connectivity index (χ0n) is 15.6. The van der Waals surface area contributed by atoms with E-state index in [2.05, 4.69) is 15.2 Å². The van der Waals surface area contributed by atoms with Gasteiger partial charge < -0.3 is 10.2 Å². The standard InChI is InChI=1S/C20H26N4O2S/c1-16-4-7-18(8-5-16)27(25,26)24-12-2-3-19(24)17-6-9-20(22-15-17)23-13-10-21-11-14-23/h4-9,15,19,21H,2-3,10-14H2,1H3/t19-/m1/s1. The first-order valence-electron chi connectivity index (χ1n) is 9.56. The van der Waals surface area contributed by atoms with Gasteiger partial charge in [0.1, 0.15) is 5.82 Å². The van der Waals surface area contributed by atoms with Crippen molar-refractivity contribution in [1.82, 2.24) is 14.6 Å². The van der Waals surface area contributed by atoms with E-state index in [1.165, 1.54) is 0 Å². The van der Waals surface area contributed by atoms with Gasteiger partial charge in [0, 0.05) is 38.9 Å². The first-order chi connectivity index (χ1) is 13.1. The number of aryl methyl sites for hydroxylation is 1. The molecule has 1 N–H and O–H groups in total. The summed E-state index contributed by atoms with van der Waals surface area (Å²) in [6, 6.07) is 11.0. The summed E-state index contributed by atoms with van der Waals surface area (Å²) < 4.78 is 27.9. The minimum Gasteiger partial charge on any atom is -0.354 e. The van der Waals surface area contributed by atoms with Crippen molar-refractivity contribution in [1.29, 1.82) is 0 Å². The van der Waals surface area contributed by atoms with E-state index in [1.807, 2.05) is 37.4 Å². The summed E-state index contributed by atoms with van der Waals surface area (Å²) in [4.78, 5) is 7.25. The second-order valence-electron chi connectivity index (χ2n) is 7.27. The van der Waals surface area contributed by atoms with Crippen molar-refractivity contribution in [3.05, 3.63) is 53.7 Å². The van der Waals surface area contributed by atoms with Crippen LogP contribution in [0.4, 0.5) is 5.82 Å². The molecule has 0 saturated carbocycles. The van der Waals surface area contributed by atoms with Gasteiger partial charge in [0.2, 0.25) is 10.0 Å². The molecule has 0 bridgehead atoms. The van der Waals surface area contributed by atoms with Gasteiger partial charge in [-0.25, -0.2) is 13.4 Å². The van der Waals surface area contributed by atoms with E-state index < -0.39 is 10.0 Å². The van der Waals surface area contributed by atoms with Crippen molar-refractivity contribution < 1.29 is 8.42 Å². The lowest BCUT2D eigenvalue weighted by atomic mass is 10.1. The normalized spacial score (nSPS) is 21.5. The molecule has 0 radical (unpaired) electrons. The van der Waals surface area contributed by atoms with E-state index in [9.17, 15) is 8.42 Å². The lowest BCUT2D eigenvalue weighted by Gasteiger charge is -2.29. The highest BCUT2D eigenvalue weighted by molar-refractivity contribution is 7.89. The van der Waals surface area contributed by atoms with Crippen molar-refractivity contribution >= 4 is 15.8 Å². The van der Waals surface area contributed by atoms with Crippen LogP contribution in [0.1, 0.15) is 30.0 Å². The second kappa shape index (κ2) is 7.58. The highest BCUT2D eigenvalue weighted by Gasteiger charge is 2.36. The van der Waals surface area contributed by atoms with Crippen molar-refractivity contribution in [3.8, 4) is 0 Å². The molecular weight excluding hydrogens is 360 g/mol. The molecule has 0 amide bonds. The maximum absolute atomic E-state index is 13.1. The van der Waals surface area contributed by atoms with E-state index in [0.717, 1.165) is 56.0 Å². The SMILES string of the molecule is Cc1ccc(S(=O)(=O)N2CCC[C@@H]2c2ccc(N3CCNCC3)nc2)cc1. The molecule has 2 saturated heterocycles. The number of aromatic nitrogens is 1. The van der Waals surface area contributed by atoms with Crippen LogP contribution < -0.4 is 10.2 Å². The summed E-state index contributed by atoms with van der Waals surface area (Å²) in [5, 5.41) is 3.34. The van der Waals surface area contributed by atoms with Crippen LogP contribution in [0.15, 0.2) is 47.5 Å². The predicted molar refractivity (Wildman–Crippen MR) is 106 cm³/mol. The average molecular weight is 387 g/mol. The zero-order chi connectivity index (χ0) is 18.9. The Morgan fingerprint density at radius 2 is 1.78 bits per heavy atom. The number of benzene rings is 1. The third kappa shape index (κ3) is 3.72. The molecule has 2 fully saturated rings. The lowest BCUT2D eigenvalue weighted by Crippen LogP contribution is -2.43. The predicted octanol–water partition coefficient (Wildman–Crippen LogP) is 2.33. The molecule has 3 heterocycles. The lowest BCUT2D eigenvalue weighted by molar-refractivity contribution is 0.396. The number of hydrogen-bond donors (Lipinski definition) is 1. The summed E-state index contributed by atoms with van der Waals surface area (Å²) in [6.07, 6.45) is 3.56. The van der Waals surface area contributed by atoms with E-state index >= 15 is 0 Å². The van der Waals surface area contributed by atoms with Crippen LogP contribution in [-0.4, -0.2) is 50.4 Å². The molecule has 1 aromatic carbocycles. The third-order valence-corrected chi connectivity index (χ3v) is 7.35. The zero-order valence-corrected chi connectivity index (χ0v) is 16.5. The fourth-order valence-electron chi connectivity index (χ4n) is 3.88. The largest absolute Gasteiger partial charge is 0.354 e. The minimum absolute atomic E-state index is 0.138. The highest BCUT2D eigenvalue weighted by atomic mass is 32.2. The first-order valence-corrected chi connectivity index (χ1v) is 11.0. The summed E-state index contributed by atoms with van der Waals surface area (Å²) in [7, 11) is -3.50. The topological polar surface area (TPSA) is 65.5 Å². The van der Waals surface area contributed by atoms with E-state index in [0.29, 0.717) is 11.4 Å². The fraction of sp³-hybridized carbons (Fsp3) is 0.450. The van der Waals surface area contributed by atoms with Crippen LogP contribution in [0, 0.1) is 6.92 Å². The fourth-order valence-corrected chi connectivity index (χ4v) is 5.56. The quantitative estimate of drug-likeness (QED) is 0.874. The van der Waals surface area contributed by atoms with Crippen molar-refractivity contribution in [2.45, 2.75) is 30.7 Å². The number of piperazine rings is 1. The number of sulfonamides is 1. The summed E-state index contributed by atoms with van der Waals surface area (Å²) >= 11 is 0. The van der Waals surface area contributed by atoms with E-state index in [-0.39, 0.29) is 6.04 Å². The van der Waals surface area contributed by atoms with Crippen LogP contribution in [0.2, 0.25) is 0 Å². The Hall–Kier alpha value is -1.96. The van der Waals surface area contributed by atoms with Gasteiger partial charge in [0.15, 0.2) is 0 Å². The van der Waals surface area contributed by atoms with Gasteiger partial charge in [-0.15, -0.1) is 0 Å². The maximum Gasteiger partial charge on any atom is 0.243 e. The highest BCUT2D eigenvalue weighted by Crippen LogP contribution is 2.36. The molecule has 1 aromatic heterocycles. The third-order valence-electron chi connectivity index (χ3n) is 5.43. The monoisotopic (exact) mass is 386 g/mol. The molecule has 6 nitrogen and oxygen atoms in total. The van der Waals surface area contributed by atoms with E-state index in [1.54, 1.807) is 16.4 Å². The van der Waals surface area contributed by atoms with Gasteiger partial charge in [-0.05, 0) is 43.5 Å². The van der Waals surface area contributed by atoms with Crippen LogP contribution in [-0.2, 0) is 10.0 Å².